The number of aromatic nitrogens is 2. The van der Waals surface area contributed by atoms with Gasteiger partial charge in [-0.15, -0.1) is 10.2 Å². The summed E-state index contributed by atoms with van der Waals surface area (Å²) in [7, 11) is 0. The van der Waals surface area contributed by atoms with Crippen molar-refractivity contribution in [2.45, 2.75) is 44.4 Å². The van der Waals surface area contributed by atoms with Crippen LogP contribution in [0.3, 0.4) is 0 Å². The van der Waals surface area contributed by atoms with Gasteiger partial charge in [0.15, 0.2) is 5.11 Å². The first-order valence-electron chi connectivity index (χ1n) is 9.33. The van der Waals surface area contributed by atoms with E-state index in [0.29, 0.717) is 35.7 Å². The van der Waals surface area contributed by atoms with E-state index in [1.807, 2.05) is 0 Å². The molecule has 1 aliphatic heterocycles. The molecule has 10 heteroatoms. The van der Waals surface area contributed by atoms with Gasteiger partial charge in [-0.25, -0.2) is 0 Å². The topological polar surface area (TPSA) is 107 Å². The molecule has 1 N–H and O–H groups in total. The number of non-ortho nitro benzene ring substituents is 1. The second-order valence-corrected chi connectivity index (χ2v) is 7.38. The number of nitro groups is 1. The Kier molecular flexibility index (Phi) is 5.49. The normalized spacial score (nSPS) is 18.8. The maximum absolute atomic E-state index is 11.0. The molecule has 1 atom stereocenters. The Bertz CT molecular complexity index is 863. The number of rotatable bonds is 7. The average Bonchev–Trinajstić information content (AvgIpc) is 3.20. The molecule has 0 amide bonds. The van der Waals surface area contributed by atoms with Crippen molar-refractivity contribution in [2.24, 2.45) is 0 Å². The number of hydrogen-bond acceptors (Lipinski definition) is 7. The van der Waals surface area contributed by atoms with Gasteiger partial charge in [0.2, 0.25) is 11.8 Å². The fraction of sp³-hybridized carbons (Fsp3) is 0.500. The highest BCUT2D eigenvalue weighted by Crippen LogP contribution is 2.29. The Morgan fingerprint density at radius 2 is 2.21 bits per heavy atom. The summed E-state index contributed by atoms with van der Waals surface area (Å²) in [4.78, 5) is 12.6. The Labute approximate surface area is 167 Å². The maximum atomic E-state index is 11.0. The van der Waals surface area contributed by atoms with Gasteiger partial charge in [-0.05, 0) is 44.0 Å². The molecular formula is C18H21N5O4S. The lowest BCUT2D eigenvalue weighted by atomic mass is 10.2. The number of nitro benzene ring substituents is 1. The molecule has 2 fully saturated rings. The average molecular weight is 403 g/mol. The summed E-state index contributed by atoms with van der Waals surface area (Å²) in [6.07, 6.45) is 4.51. The Morgan fingerprint density at radius 3 is 2.93 bits per heavy atom. The summed E-state index contributed by atoms with van der Waals surface area (Å²) in [5, 5.41) is 23.0. The van der Waals surface area contributed by atoms with Crippen molar-refractivity contribution in [3.05, 3.63) is 40.3 Å². The number of nitrogens with one attached hydrogen (secondary N) is 1. The molecule has 0 unspecified atom stereocenters. The molecular weight excluding hydrogens is 382 g/mol. The maximum Gasteiger partial charge on any atom is 0.270 e. The molecule has 28 heavy (non-hydrogen) atoms. The first kappa shape index (κ1) is 18.8. The van der Waals surface area contributed by atoms with Crippen molar-refractivity contribution in [3.8, 4) is 11.5 Å². The first-order chi connectivity index (χ1) is 13.6. The standard InChI is InChI=1S/C18H21N5O4S/c24-23(25)14-4-1-3-12(9-14)17-21-20-16(27-17)11-22(13-6-7-13)18(28)19-10-15-5-2-8-26-15/h1,3-4,9,13,15H,2,5-8,10-11H2,(H,19,28)/t15-/m1/s1. The van der Waals surface area contributed by atoms with Gasteiger partial charge in [-0.1, -0.05) is 6.07 Å². The quantitative estimate of drug-likeness (QED) is 0.424. The third-order valence-corrected chi connectivity index (χ3v) is 5.21. The van der Waals surface area contributed by atoms with Crippen molar-refractivity contribution in [2.75, 3.05) is 13.2 Å². The van der Waals surface area contributed by atoms with Crippen molar-refractivity contribution < 1.29 is 14.1 Å². The predicted molar refractivity (Wildman–Crippen MR) is 105 cm³/mol. The summed E-state index contributed by atoms with van der Waals surface area (Å²) in [6.45, 7) is 1.92. The third kappa shape index (κ3) is 4.45. The zero-order valence-corrected chi connectivity index (χ0v) is 16.1. The van der Waals surface area contributed by atoms with Crippen molar-refractivity contribution >= 4 is 23.0 Å². The van der Waals surface area contributed by atoms with Crippen LogP contribution in [0.25, 0.3) is 11.5 Å². The van der Waals surface area contributed by atoms with Crippen LogP contribution in [0.4, 0.5) is 5.69 Å². The predicted octanol–water partition coefficient (Wildman–Crippen LogP) is 2.66. The summed E-state index contributed by atoms with van der Waals surface area (Å²) in [5.74, 6) is 0.683. The van der Waals surface area contributed by atoms with E-state index in [9.17, 15) is 10.1 Å². The van der Waals surface area contributed by atoms with E-state index in [2.05, 4.69) is 20.4 Å². The van der Waals surface area contributed by atoms with Crippen LogP contribution >= 0.6 is 12.2 Å². The molecule has 4 rings (SSSR count). The van der Waals surface area contributed by atoms with E-state index in [0.717, 1.165) is 32.3 Å². The second kappa shape index (κ2) is 8.19. The van der Waals surface area contributed by atoms with E-state index in [4.69, 9.17) is 21.4 Å². The van der Waals surface area contributed by atoms with E-state index in [1.54, 1.807) is 12.1 Å². The molecule has 9 nitrogen and oxygen atoms in total. The van der Waals surface area contributed by atoms with Crippen LogP contribution in [0.15, 0.2) is 28.7 Å². The minimum absolute atomic E-state index is 0.0173. The number of thiocarbonyl (C=S) groups is 1. The summed E-state index contributed by atoms with van der Waals surface area (Å²) < 4.78 is 11.4. The van der Waals surface area contributed by atoms with Gasteiger partial charge in [0.05, 0.1) is 17.6 Å². The fourth-order valence-corrected chi connectivity index (χ4v) is 3.49. The Hall–Kier alpha value is -2.59. The van der Waals surface area contributed by atoms with Crippen LogP contribution in [0.5, 0.6) is 0 Å². The minimum Gasteiger partial charge on any atom is -0.419 e. The lowest BCUT2D eigenvalue weighted by Gasteiger charge is -2.25. The van der Waals surface area contributed by atoms with Crippen LogP contribution < -0.4 is 5.32 Å². The second-order valence-electron chi connectivity index (χ2n) is 6.99. The minimum atomic E-state index is -0.451. The smallest absolute Gasteiger partial charge is 0.270 e. The fourth-order valence-electron chi connectivity index (χ4n) is 3.19. The van der Waals surface area contributed by atoms with Gasteiger partial charge < -0.3 is 19.4 Å². The van der Waals surface area contributed by atoms with Gasteiger partial charge >= 0.3 is 0 Å². The van der Waals surface area contributed by atoms with Crippen molar-refractivity contribution in [3.63, 3.8) is 0 Å². The highest BCUT2D eigenvalue weighted by atomic mass is 32.1. The molecule has 148 valence electrons. The zero-order valence-electron chi connectivity index (χ0n) is 15.2. The third-order valence-electron chi connectivity index (χ3n) is 4.83. The summed E-state index contributed by atoms with van der Waals surface area (Å²) >= 11 is 5.57. The highest BCUT2D eigenvalue weighted by molar-refractivity contribution is 7.80. The molecule has 0 radical (unpaired) electrons. The van der Waals surface area contributed by atoms with Crippen LogP contribution in [0, 0.1) is 10.1 Å². The van der Waals surface area contributed by atoms with Gasteiger partial charge in [0.1, 0.15) is 0 Å². The lowest BCUT2D eigenvalue weighted by molar-refractivity contribution is -0.384. The first-order valence-corrected chi connectivity index (χ1v) is 9.74. The highest BCUT2D eigenvalue weighted by Gasteiger charge is 2.32. The Morgan fingerprint density at radius 1 is 1.36 bits per heavy atom. The molecule has 1 saturated heterocycles. The van der Waals surface area contributed by atoms with Crippen LogP contribution in [-0.4, -0.2) is 50.4 Å². The van der Waals surface area contributed by atoms with Gasteiger partial charge in [0.25, 0.3) is 5.69 Å². The van der Waals surface area contributed by atoms with Gasteiger partial charge in [-0.3, -0.25) is 10.1 Å². The van der Waals surface area contributed by atoms with E-state index in [1.165, 1.54) is 12.1 Å². The molecule has 0 bridgehead atoms. The van der Waals surface area contributed by atoms with Gasteiger partial charge in [0, 0.05) is 36.9 Å². The SMILES string of the molecule is O=[N+]([O-])c1cccc(-c2nnc(CN(C(=S)NC[C@H]3CCCO3)C3CC3)o2)c1. The van der Waals surface area contributed by atoms with Crippen molar-refractivity contribution in [1.29, 1.82) is 0 Å². The molecule has 2 aromatic rings. The number of hydrogen-bond donors (Lipinski definition) is 1. The molecule has 1 aromatic heterocycles. The number of ether oxygens (including phenoxy) is 1. The van der Waals surface area contributed by atoms with Crippen molar-refractivity contribution in [1.82, 2.24) is 20.4 Å². The van der Waals surface area contributed by atoms with Crippen LogP contribution in [0.1, 0.15) is 31.6 Å². The molecule has 1 aromatic carbocycles. The number of nitrogens with zero attached hydrogens (tertiary/aromatic N) is 4. The molecule has 2 aliphatic rings. The molecule has 1 aliphatic carbocycles. The van der Waals surface area contributed by atoms with E-state index < -0.39 is 4.92 Å². The van der Waals surface area contributed by atoms with E-state index >= 15 is 0 Å². The molecule has 0 spiro atoms. The molecule has 2 heterocycles. The lowest BCUT2D eigenvalue weighted by Crippen LogP contribution is -2.43. The summed E-state index contributed by atoms with van der Waals surface area (Å²) in [6, 6.07) is 6.52. The van der Waals surface area contributed by atoms with Crippen LogP contribution in [-0.2, 0) is 11.3 Å². The van der Waals surface area contributed by atoms with Gasteiger partial charge in [-0.2, -0.15) is 0 Å². The van der Waals surface area contributed by atoms with E-state index in [-0.39, 0.29) is 17.7 Å². The zero-order chi connectivity index (χ0) is 19.5. The molecule has 1 saturated carbocycles. The number of benzene rings is 1. The summed E-state index contributed by atoms with van der Waals surface area (Å²) in [5.41, 5.74) is 0.501. The largest absolute Gasteiger partial charge is 0.419 e. The van der Waals surface area contributed by atoms with Crippen LogP contribution in [0.2, 0.25) is 0 Å². The monoisotopic (exact) mass is 403 g/mol. The Balaban J connectivity index is 1.41.